The highest BCUT2D eigenvalue weighted by Crippen LogP contribution is 2.36. The number of hydrogen-bond donors (Lipinski definition) is 0. The van der Waals surface area contributed by atoms with Crippen molar-refractivity contribution in [3.8, 4) is 0 Å². The van der Waals surface area contributed by atoms with Crippen molar-refractivity contribution >= 4 is 50.1 Å². The van der Waals surface area contributed by atoms with E-state index in [0.717, 1.165) is 46.4 Å². The molecule has 0 aliphatic carbocycles. The first-order valence-electron chi connectivity index (χ1n) is 7.42. The van der Waals surface area contributed by atoms with Gasteiger partial charge in [0.15, 0.2) is 15.8 Å². The lowest BCUT2D eigenvalue weighted by atomic mass is 10.0. The molecular formula is C14H20N4OS3. The summed E-state index contributed by atoms with van der Waals surface area (Å²) in [6, 6.07) is 0. The Balaban J connectivity index is 2.00. The highest BCUT2D eigenvalue weighted by atomic mass is 32.2. The fourth-order valence-electron chi connectivity index (χ4n) is 2.92. The number of fused-ring (bicyclic) bond motifs is 1. The molecule has 2 aromatic rings. The predicted octanol–water partition coefficient (Wildman–Crippen LogP) is 2.94. The van der Waals surface area contributed by atoms with Gasteiger partial charge in [-0.25, -0.2) is 15.0 Å². The average molecular weight is 357 g/mol. The number of nitrogens with zero attached hydrogens (tertiary/aromatic N) is 4. The Kier molecular flexibility index (Phi) is 4.70. The minimum Gasteiger partial charge on any atom is -0.353 e. The van der Waals surface area contributed by atoms with Crippen molar-refractivity contribution < 1.29 is 4.21 Å². The van der Waals surface area contributed by atoms with Crippen LogP contribution in [0.25, 0.3) is 10.3 Å². The monoisotopic (exact) mass is 356 g/mol. The fourth-order valence-corrected chi connectivity index (χ4v) is 6.21. The van der Waals surface area contributed by atoms with Crippen LogP contribution in [0.5, 0.6) is 0 Å². The molecule has 3 heterocycles. The zero-order chi connectivity index (χ0) is 15.7. The first-order valence-corrected chi connectivity index (χ1v) is 10.8. The third-order valence-electron chi connectivity index (χ3n) is 4.42. The van der Waals surface area contributed by atoms with Gasteiger partial charge in [0.25, 0.3) is 0 Å². The molecule has 0 N–H and O–H groups in total. The molecule has 1 fully saturated rings. The van der Waals surface area contributed by atoms with Crippen molar-refractivity contribution in [3.05, 3.63) is 6.33 Å². The standard InChI is InChI=1S/C14H20N4OS3/c1-4-14(5-2)8-18(6-7-22(14)19)12-10-11(15-9-16-12)17-13(20-3)21-10/h9H,4-8H2,1-3H3. The molecule has 5 nitrogen and oxygen atoms in total. The van der Waals surface area contributed by atoms with Crippen molar-refractivity contribution in [2.45, 2.75) is 35.8 Å². The van der Waals surface area contributed by atoms with Crippen molar-refractivity contribution in [1.82, 2.24) is 15.0 Å². The minimum atomic E-state index is -0.763. The molecule has 1 atom stereocenters. The van der Waals surface area contributed by atoms with E-state index < -0.39 is 10.8 Å². The Morgan fingerprint density at radius 1 is 1.41 bits per heavy atom. The molecule has 0 radical (unpaired) electrons. The van der Waals surface area contributed by atoms with E-state index in [1.165, 1.54) is 0 Å². The highest BCUT2D eigenvalue weighted by Gasteiger charge is 2.39. The van der Waals surface area contributed by atoms with Gasteiger partial charge in [0.05, 0.1) is 4.75 Å². The predicted molar refractivity (Wildman–Crippen MR) is 95.5 cm³/mol. The summed E-state index contributed by atoms with van der Waals surface area (Å²) in [5.74, 6) is 1.66. The fraction of sp³-hybridized carbons (Fsp3) is 0.643. The van der Waals surface area contributed by atoms with E-state index in [1.54, 1.807) is 29.4 Å². The van der Waals surface area contributed by atoms with E-state index in [1.807, 2.05) is 6.26 Å². The van der Waals surface area contributed by atoms with Crippen LogP contribution in [0.3, 0.4) is 0 Å². The lowest BCUT2D eigenvalue weighted by molar-refractivity contribution is 0.495. The molecule has 2 aromatic heterocycles. The van der Waals surface area contributed by atoms with Gasteiger partial charge in [-0.05, 0) is 19.1 Å². The van der Waals surface area contributed by atoms with Gasteiger partial charge in [-0.3, -0.25) is 4.21 Å². The smallest absolute Gasteiger partial charge is 0.176 e. The number of rotatable bonds is 4. The SMILES string of the molecule is CCC1(CC)CN(c2ncnc3nc(SC)sc23)CCS1=O. The second-order valence-corrected chi connectivity index (χ2v) is 9.41. The molecule has 120 valence electrons. The van der Waals surface area contributed by atoms with Crippen LogP contribution in [-0.2, 0) is 10.8 Å². The molecule has 0 aromatic carbocycles. The van der Waals surface area contributed by atoms with Crippen molar-refractivity contribution in [1.29, 1.82) is 0 Å². The summed E-state index contributed by atoms with van der Waals surface area (Å²) in [4.78, 5) is 15.6. The van der Waals surface area contributed by atoms with Crippen molar-refractivity contribution in [2.75, 3.05) is 30.0 Å². The molecule has 1 unspecified atom stereocenters. The van der Waals surface area contributed by atoms with Crippen molar-refractivity contribution in [2.24, 2.45) is 0 Å². The van der Waals surface area contributed by atoms with E-state index in [2.05, 4.69) is 33.7 Å². The molecule has 0 saturated carbocycles. The summed E-state index contributed by atoms with van der Waals surface area (Å²) in [6.45, 7) is 5.86. The Hall–Kier alpha value is -0.730. The molecule has 1 saturated heterocycles. The summed E-state index contributed by atoms with van der Waals surface area (Å²) < 4.78 is 14.4. The summed E-state index contributed by atoms with van der Waals surface area (Å²) in [5, 5.41) is 0. The third-order valence-corrected chi connectivity index (χ3v) is 8.68. The molecule has 0 spiro atoms. The first-order chi connectivity index (χ1) is 10.6. The quantitative estimate of drug-likeness (QED) is 0.785. The second kappa shape index (κ2) is 6.41. The number of aromatic nitrogens is 3. The molecule has 0 amide bonds. The largest absolute Gasteiger partial charge is 0.353 e. The van der Waals surface area contributed by atoms with Crippen LogP contribution in [0.2, 0.25) is 0 Å². The summed E-state index contributed by atoms with van der Waals surface area (Å²) in [7, 11) is -0.763. The van der Waals surface area contributed by atoms with Gasteiger partial charge < -0.3 is 4.90 Å². The second-order valence-electron chi connectivity index (χ2n) is 5.40. The van der Waals surface area contributed by atoms with E-state index in [-0.39, 0.29) is 4.75 Å². The molecule has 3 rings (SSSR count). The van der Waals surface area contributed by atoms with Crippen LogP contribution in [0.15, 0.2) is 10.7 Å². The van der Waals surface area contributed by atoms with Gasteiger partial charge >= 0.3 is 0 Å². The molecule has 1 aliphatic heterocycles. The van der Waals surface area contributed by atoms with Crippen LogP contribution in [-0.4, -0.2) is 49.0 Å². The molecule has 22 heavy (non-hydrogen) atoms. The third kappa shape index (κ3) is 2.65. The van der Waals surface area contributed by atoms with Crippen molar-refractivity contribution in [3.63, 3.8) is 0 Å². The maximum absolute atomic E-state index is 12.5. The topological polar surface area (TPSA) is 59.0 Å². The van der Waals surface area contributed by atoms with Gasteiger partial charge in [0, 0.05) is 29.6 Å². The van der Waals surface area contributed by atoms with Gasteiger partial charge in [0.2, 0.25) is 0 Å². The zero-order valence-corrected chi connectivity index (χ0v) is 15.5. The molecular weight excluding hydrogens is 336 g/mol. The Morgan fingerprint density at radius 2 is 2.18 bits per heavy atom. The first kappa shape index (κ1) is 16.1. The van der Waals surface area contributed by atoms with Gasteiger partial charge in [-0.1, -0.05) is 25.6 Å². The van der Waals surface area contributed by atoms with Gasteiger partial charge in [-0.15, -0.1) is 11.3 Å². The van der Waals surface area contributed by atoms with E-state index in [4.69, 9.17) is 0 Å². The van der Waals surface area contributed by atoms with Crippen LogP contribution < -0.4 is 4.90 Å². The highest BCUT2D eigenvalue weighted by molar-refractivity contribution is 8.00. The average Bonchev–Trinajstić information content (AvgIpc) is 2.99. The Labute approximate surface area is 141 Å². The molecule has 8 heteroatoms. The zero-order valence-electron chi connectivity index (χ0n) is 13.0. The Morgan fingerprint density at radius 3 is 2.86 bits per heavy atom. The van der Waals surface area contributed by atoms with Crippen LogP contribution in [0.4, 0.5) is 5.82 Å². The van der Waals surface area contributed by atoms with E-state index >= 15 is 0 Å². The van der Waals surface area contributed by atoms with Gasteiger partial charge in [-0.2, -0.15) is 0 Å². The minimum absolute atomic E-state index is 0.122. The van der Waals surface area contributed by atoms with Gasteiger partial charge in [0.1, 0.15) is 11.0 Å². The summed E-state index contributed by atoms with van der Waals surface area (Å²) >= 11 is 3.27. The Bertz CT molecular complexity index is 698. The maximum Gasteiger partial charge on any atom is 0.176 e. The maximum atomic E-state index is 12.5. The van der Waals surface area contributed by atoms with E-state index in [9.17, 15) is 4.21 Å². The van der Waals surface area contributed by atoms with Crippen LogP contribution in [0, 0.1) is 0 Å². The number of hydrogen-bond acceptors (Lipinski definition) is 7. The lowest BCUT2D eigenvalue weighted by Gasteiger charge is -2.41. The lowest BCUT2D eigenvalue weighted by Crippen LogP contribution is -2.53. The molecule has 1 aliphatic rings. The normalized spacial score (nSPS) is 21.4. The number of anilines is 1. The van der Waals surface area contributed by atoms with Crippen LogP contribution >= 0.6 is 23.1 Å². The number of thiazole rings is 1. The van der Waals surface area contributed by atoms with Crippen LogP contribution in [0.1, 0.15) is 26.7 Å². The molecule has 0 bridgehead atoms. The van der Waals surface area contributed by atoms with E-state index in [0.29, 0.717) is 5.75 Å². The summed E-state index contributed by atoms with van der Waals surface area (Å²) in [5.41, 5.74) is 0.768. The summed E-state index contributed by atoms with van der Waals surface area (Å²) in [6.07, 6.45) is 5.47. The number of thioether (sulfide) groups is 1.